The summed E-state index contributed by atoms with van der Waals surface area (Å²) in [5.74, 6) is 0.675. The zero-order valence-electron chi connectivity index (χ0n) is 16.3. The molecule has 3 rings (SSSR count). The molecule has 8 nitrogen and oxygen atoms in total. The maximum absolute atomic E-state index is 12.3. The van der Waals surface area contributed by atoms with Crippen LogP contribution in [-0.4, -0.2) is 39.2 Å². The Hall–Kier alpha value is -3.81. The molecule has 8 heteroatoms. The van der Waals surface area contributed by atoms with Gasteiger partial charge in [-0.25, -0.2) is 9.79 Å². The molecule has 1 aliphatic rings. The summed E-state index contributed by atoms with van der Waals surface area (Å²) in [5.41, 5.74) is 1.23. The Morgan fingerprint density at radius 3 is 2.31 bits per heavy atom. The first-order valence-corrected chi connectivity index (χ1v) is 8.56. The predicted molar refractivity (Wildman–Crippen MR) is 104 cm³/mol. The number of benzene rings is 2. The van der Waals surface area contributed by atoms with E-state index in [0.29, 0.717) is 34.1 Å². The van der Waals surface area contributed by atoms with Crippen LogP contribution in [0.15, 0.2) is 47.1 Å². The van der Waals surface area contributed by atoms with Crippen LogP contribution in [0.4, 0.5) is 0 Å². The van der Waals surface area contributed by atoms with Crippen LogP contribution in [0.1, 0.15) is 18.1 Å². The molecule has 1 aliphatic heterocycles. The summed E-state index contributed by atoms with van der Waals surface area (Å²) in [6, 6.07) is 9.99. The highest BCUT2D eigenvalue weighted by molar-refractivity contribution is 6.13. The molecule has 0 radical (unpaired) electrons. The predicted octanol–water partition coefficient (Wildman–Crippen LogP) is 2.98. The van der Waals surface area contributed by atoms with Crippen LogP contribution in [0.5, 0.6) is 23.0 Å². The van der Waals surface area contributed by atoms with Crippen molar-refractivity contribution in [2.75, 3.05) is 21.3 Å². The number of ether oxygens (including phenoxy) is 5. The van der Waals surface area contributed by atoms with Crippen LogP contribution in [0.2, 0.25) is 0 Å². The van der Waals surface area contributed by atoms with Gasteiger partial charge < -0.3 is 23.7 Å². The van der Waals surface area contributed by atoms with Crippen molar-refractivity contribution in [1.82, 2.24) is 0 Å². The van der Waals surface area contributed by atoms with Crippen molar-refractivity contribution >= 4 is 23.9 Å². The molecule has 1 heterocycles. The fourth-order valence-corrected chi connectivity index (χ4v) is 2.73. The van der Waals surface area contributed by atoms with Crippen LogP contribution >= 0.6 is 0 Å². The largest absolute Gasteiger partial charge is 0.493 e. The molecule has 0 N–H and O–H groups in total. The van der Waals surface area contributed by atoms with E-state index in [9.17, 15) is 9.59 Å². The number of nitrogens with zero attached hydrogens (tertiary/aromatic N) is 1. The molecule has 0 unspecified atom stereocenters. The van der Waals surface area contributed by atoms with Gasteiger partial charge in [0.2, 0.25) is 11.6 Å². The summed E-state index contributed by atoms with van der Waals surface area (Å²) in [4.78, 5) is 27.7. The molecular weight excluding hydrogens is 378 g/mol. The lowest BCUT2D eigenvalue weighted by Crippen LogP contribution is -2.07. The molecule has 0 aromatic heterocycles. The van der Waals surface area contributed by atoms with Crippen LogP contribution in [0.25, 0.3) is 6.08 Å². The van der Waals surface area contributed by atoms with Gasteiger partial charge in [0.25, 0.3) is 0 Å². The van der Waals surface area contributed by atoms with E-state index in [0.717, 1.165) is 0 Å². The normalized spacial score (nSPS) is 14.3. The smallest absolute Gasteiger partial charge is 0.363 e. The third kappa shape index (κ3) is 4.37. The van der Waals surface area contributed by atoms with Crippen molar-refractivity contribution < 1.29 is 33.3 Å². The summed E-state index contributed by atoms with van der Waals surface area (Å²) in [5, 5.41) is 0. The quantitative estimate of drug-likeness (QED) is 0.420. The summed E-state index contributed by atoms with van der Waals surface area (Å²) in [6.45, 7) is 1.31. The Balaban J connectivity index is 1.96. The number of hydrogen-bond acceptors (Lipinski definition) is 8. The van der Waals surface area contributed by atoms with E-state index in [1.165, 1.54) is 28.3 Å². The van der Waals surface area contributed by atoms with Gasteiger partial charge in [0.15, 0.2) is 17.2 Å². The van der Waals surface area contributed by atoms with Crippen molar-refractivity contribution in [2.24, 2.45) is 4.99 Å². The summed E-state index contributed by atoms with van der Waals surface area (Å²) in [7, 11) is 4.48. The molecule has 0 fully saturated rings. The lowest BCUT2D eigenvalue weighted by atomic mass is 10.1. The fraction of sp³-hybridized carbons (Fsp3) is 0.190. The van der Waals surface area contributed by atoms with Crippen LogP contribution in [-0.2, 0) is 14.3 Å². The second-order valence-corrected chi connectivity index (χ2v) is 5.92. The number of carbonyl (C=O) groups excluding carboxylic acids is 2. The van der Waals surface area contributed by atoms with E-state index in [-0.39, 0.29) is 11.6 Å². The average Bonchev–Trinajstić information content (AvgIpc) is 3.06. The minimum atomic E-state index is -0.605. The van der Waals surface area contributed by atoms with Crippen molar-refractivity contribution in [3.63, 3.8) is 0 Å². The molecular formula is C21H19NO7. The van der Waals surface area contributed by atoms with Gasteiger partial charge in [-0.3, -0.25) is 4.79 Å². The number of rotatable bonds is 6. The highest BCUT2D eigenvalue weighted by Crippen LogP contribution is 2.39. The van der Waals surface area contributed by atoms with E-state index in [1.54, 1.807) is 42.5 Å². The maximum Gasteiger partial charge on any atom is 0.363 e. The topological polar surface area (TPSA) is 92.7 Å². The molecule has 0 amide bonds. The lowest BCUT2D eigenvalue weighted by Gasteiger charge is -2.13. The average molecular weight is 397 g/mol. The zero-order valence-corrected chi connectivity index (χ0v) is 16.3. The molecule has 0 bridgehead atoms. The van der Waals surface area contributed by atoms with E-state index in [4.69, 9.17) is 23.7 Å². The number of carbonyl (C=O) groups is 2. The fourth-order valence-electron chi connectivity index (χ4n) is 2.73. The highest BCUT2D eigenvalue weighted by atomic mass is 16.6. The number of esters is 2. The van der Waals surface area contributed by atoms with Crippen LogP contribution in [0.3, 0.4) is 0 Å². The Kier molecular flexibility index (Phi) is 5.82. The van der Waals surface area contributed by atoms with Gasteiger partial charge in [0, 0.05) is 12.5 Å². The second-order valence-electron chi connectivity index (χ2n) is 5.92. The molecule has 0 saturated heterocycles. The van der Waals surface area contributed by atoms with E-state index >= 15 is 0 Å². The number of hydrogen-bond donors (Lipinski definition) is 0. The van der Waals surface area contributed by atoms with Gasteiger partial charge in [-0.2, -0.15) is 0 Å². The first-order chi connectivity index (χ1) is 13.9. The van der Waals surface area contributed by atoms with Gasteiger partial charge >= 0.3 is 11.9 Å². The minimum absolute atomic E-state index is 0.105. The van der Waals surface area contributed by atoms with Crippen molar-refractivity contribution in [3.8, 4) is 23.0 Å². The number of aliphatic imine (C=N–C) groups is 1. The lowest BCUT2D eigenvalue weighted by molar-refractivity contribution is -0.132. The second kappa shape index (κ2) is 8.47. The SMILES string of the molecule is COc1cc(C2=N/C(=C/c3cccc(OC(C)=O)c3)C(=O)O2)cc(OC)c1OC. The monoisotopic (exact) mass is 397 g/mol. The third-order valence-corrected chi connectivity index (χ3v) is 3.96. The van der Waals surface area contributed by atoms with E-state index in [1.807, 2.05) is 0 Å². The molecule has 0 atom stereocenters. The van der Waals surface area contributed by atoms with Crippen molar-refractivity contribution in [3.05, 3.63) is 53.2 Å². The van der Waals surface area contributed by atoms with E-state index < -0.39 is 11.9 Å². The Labute approximate surface area is 167 Å². The molecule has 0 spiro atoms. The zero-order chi connectivity index (χ0) is 21.0. The van der Waals surface area contributed by atoms with Crippen molar-refractivity contribution in [1.29, 1.82) is 0 Å². The molecule has 0 aliphatic carbocycles. The van der Waals surface area contributed by atoms with Crippen LogP contribution in [0, 0.1) is 0 Å². The summed E-state index contributed by atoms with van der Waals surface area (Å²) < 4.78 is 26.3. The Morgan fingerprint density at radius 2 is 1.72 bits per heavy atom. The highest BCUT2D eigenvalue weighted by Gasteiger charge is 2.26. The molecule has 0 saturated carbocycles. The Bertz CT molecular complexity index is 998. The molecule has 29 heavy (non-hydrogen) atoms. The first-order valence-electron chi connectivity index (χ1n) is 8.56. The summed E-state index contributed by atoms with van der Waals surface area (Å²) in [6.07, 6.45) is 1.54. The molecule has 150 valence electrons. The third-order valence-electron chi connectivity index (χ3n) is 3.96. The standard InChI is InChI=1S/C21H19NO7/c1-12(23)28-15-7-5-6-13(8-15)9-16-21(24)29-20(22-16)14-10-17(25-2)19(27-4)18(11-14)26-3/h5-11H,1-4H3/b16-9+. The van der Waals surface area contributed by atoms with Gasteiger partial charge in [0.05, 0.1) is 21.3 Å². The molecule has 2 aromatic carbocycles. The van der Waals surface area contributed by atoms with Crippen LogP contribution < -0.4 is 18.9 Å². The molecule has 2 aromatic rings. The Morgan fingerprint density at radius 1 is 1.03 bits per heavy atom. The van der Waals surface area contributed by atoms with Crippen molar-refractivity contribution in [2.45, 2.75) is 6.92 Å². The van der Waals surface area contributed by atoms with E-state index in [2.05, 4.69) is 4.99 Å². The van der Waals surface area contributed by atoms with Gasteiger partial charge in [-0.05, 0) is 35.9 Å². The number of methoxy groups -OCH3 is 3. The number of cyclic esters (lactones) is 1. The summed E-state index contributed by atoms with van der Waals surface area (Å²) >= 11 is 0. The van der Waals surface area contributed by atoms with Gasteiger partial charge in [0.1, 0.15) is 5.75 Å². The van der Waals surface area contributed by atoms with Gasteiger partial charge in [-0.1, -0.05) is 12.1 Å². The van der Waals surface area contributed by atoms with Gasteiger partial charge in [-0.15, -0.1) is 0 Å². The minimum Gasteiger partial charge on any atom is -0.493 e. The first kappa shape index (κ1) is 19.9. The maximum atomic E-state index is 12.3.